The van der Waals surface area contributed by atoms with E-state index in [9.17, 15) is 9.90 Å². The SMILES string of the molecule is Cc1sc(C=CC(=O)c2ccc(O)cc2Cl)c2c1[C@H]1[C@@H](C2)C1(C)C. The van der Waals surface area contributed by atoms with E-state index in [0.29, 0.717) is 16.9 Å². The molecular formula is C20H19ClO2S. The molecule has 0 aliphatic heterocycles. The van der Waals surface area contributed by atoms with Gasteiger partial charge in [0.25, 0.3) is 0 Å². The topological polar surface area (TPSA) is 37.3 Å². The van der Waals surface area contributed by atoms with Crippen LogP contribution in [0.5, 0.6) is 5.75 Å². The zero-order valence-corrected chi connectivity index (χ0v) is 15.5. The monoisotopic (exact) mass is 358 g/mol. The lowest BCUT2D eigenvalue weighted by Gasteiger charge is -2.09. The Morgan fingerprint density at radius 1 is 1.42 bits per heavy atom. The molecule has 1 aromatic carbocycles. The predicted molar refractivity (Wildman–Crippen MR) is 99.3 cm³/mol. The van der Waals surface area contributed by atoms with Gasteiger partial charge in [-0.2, -0.15) is 0 Å². The van der Waals surface area contributed by atoms with E-state index in [0.717, 1.165) is 12.3 Å². The zero-order chi connectivity index (χ0) is 17.2. The molecule has 0 radical (unpaired) electrons. The fourth-order valence-corrected chi connectivity index (χ4v) is 5.65. The maximum absolute atomic E-state index is 12.4. The molecule has 1 saturated carbocycles. The fourth-order valence-electron chi connectivity index (χ4n) is 4.24. The van der Waals surface area contributed by atoms with Gasteiger partial charge in [-0.05, 0) is 72.1 Å². The molecule has 2 aromatic rings. The molecule has 0 bridgehead atoms. The summed E-state index contributed by atoms with van der Waals surface area (Å²) < 4.78 is 0. The number of carbonyl (C=O) groups is 1. The van der Waals surface area contributed by atoms with Gasteiger partial charge in [0.1, 0.15) is 5.75 Å². The second kappa shape index (κ2) is 5.21. The van der Waals surface area contributed by atoms with Crippen molar-refractivity contribution in [1.29, 1.82) is 0 Å². The highest BCUT2D eigenvalue weighted by Gasteiger charge is 2.63. The van der Waals surface area contributed by atoms with Crippen LogP contribution in [0, 0.1) is 18.3 Å². The van der Waals surface area contributed by atoms with Crippen molar-refractivity contribution in [2.75, 3.05) is 0 Å². The van der Waals surface area contributed by atoms with E-state index in [2.05, 4.69) is 20.8 Å². The van der Waals surface area contributed by atoms with Crippen molar-refractivity contribution in [1.82, 2.24) is 0 Å². The summed E-state index contributed by atoms with van der Waals surface area (Å²) in [6.45, 7) is 6.90. The lowest BCUT2D eigenvalue weighted by atomic mass is 9.95. The maximum Gasteiger partial charge on any atom is 0.187 e. The minimum absolute atomic E-state index is 0.0640. The molecule has 4 rings (SSSR count). The van der Waals surface area contributed by atoms with Gasteiger partial charge in [0.05, 0.1) is 5.02 Å². The fraction of sp³-hybridized carbons (Fsp3) is 0.350. The zero-order valence-electron chi connectivity index (χ0n) is 13.9. The number of hydrogen-bond acceptors (Lipinski definition) is 3. The van der Waals surface area contributed by atoms with Crippen LogP contribution in [0.1, 0.15) is 51.0 Å². The minimum Gasteiger partial charge on any atom is -0.508 e. The van der Waals surface area contributed by atoms with Crippen LogP contribution in [-0.2, 0) is 6.42 Å². The van der Waals surface area contributed by atoms with Gasteiger partial charge in [-0.25, -0.2) is 0 Å². The first kappa shape index (κ1) is 15.9. The molecule has 1 N–H and O–H groups in total. The van der Waals surface area contributed by atoms with E-state index in [1.165, 1.54) is 33.0 Å². The Morgan fingerprint density at radius 2 is 2.17 bits per heavy atom. The highest BCUT2D eigenvalue weighted by atomic mass is 35.5. The molecule has 24 heavy (non-hydrogen) atoms. The molecule has 124 valence electrons. The molecule has 1 fully saturated rings. The van der Waals surface area contributed by atoms with E-state index in [4.69, 9.17) is 11.6 Å². The van der Waals surface area contributed by atoms with Gasteiger partial charge >= 0.3 is 0 Å². The van der Waals surface area contributed by atoms with E-state index in [1.54, 1.807) is 23.5 Å². The van der Waals surface area contributed by atoms with Gasteiger partial charge in [0.2, 0.25) is 0 Å². The van der Waals surface area contributed by atoms with Crippen LogP contribution in [0.4, 0.5) is 0 Å². The Balaban J connectivity index is 1.61. The Kier molecular flexibility index (Phi) is 3.45. The first-order valence-electron chi connectivity index (χ1n) is 8.13. The van der Waals surface area contributed by atoms with Crippen LogP contribution in [0.2, 0.25) is 5.02 Å². The second-order valence-electron chi connectivity index (χ2n) is 7.39. The summed E-state index contributed by atoms with van der Waals surface area (Å²) >= 11 is 7.83. The summed E-state index contributed by atoms with van der Waals surface area (Å²) in [7, 11) is 0. The van der Waals surface area contributed by atoms with Crippen LogP contribution in [0.3, 0.4) is 0 Å². The number of rotatable bonds is 3. The first-order valence-corrected chi connectivity index (χ1v) is 9.33. The molecule has 2 atom stereocenters. The quantitative estimate of drug-likeness (QED) is 0.572. The van der Waals surface area contributed by atoms with E-state index in [-0.39, 0.29) is 16.6 Å². The maximum atomic E-state index is 12.4. The molecule has 1 heterocycles. The summed E-state index contributed by atoms with van der Waals surface area (Å²) in [5.74, 6) is 1.40. The minimum atomic E-state index is -0.136. The number of ketones is 1. The molecule has 4 heteroatoms. The lowest BCUT2D eigenvalue weighted by Crippen LogP contribution is -2.00. The van der Waals surface area contributed by atoms with Crippen LogP contribution < -0.4 is 0 Å². The van der Waals surface area contributed by atoms with Crippen LogP contribution in [-0.4, -0.2) is 10.9 Å². The average molecular weight is 359 g/mol. The van der Waals surface area contributed by atoms with Crippen molar-refractivity contribution in [2.45, 2.75) is 33.1 Å². The molecule has 2 nitrogen and oxygen atoms in total. The number of allylic oxidation sites excluding steroid dienone is 1. The number of aromatic hydroxyl groups is 1. The number of fused-ring (bicyclic) bond motifs is 3. The number of thiophene rings is 1. The third-order valence-electron chi connectivity index (χ3n) is 5.65. The highest BCUT2D eigenvalue weighted by molar-refractivity contribution is 7.13. The molecular weight excluding hydrogens is 340 g/mol. The number of halogens is 1. The van der Waals surface area contributed by atoms with Crippen molar-refractivity contribution in [2.24, 2.45) is 11.3 Å². The van der Waals surface area contributed by atoms with Gasteiger partial charge in [0.15, 0.2) is 5.78 Å². The molecule has 2 aliphatic carbocycles. The molecule has 0 spiro atoms. The number of phenols is 1. The number of hydrogen-bond donors (Lipinski definition) is 1. The summed E-state index contributed by atoms with van der Waals surface area (Å²) in [5.41, 5.74) is 3.83. The number of carbonyl (C=O) groups excluding carboxylic acids is 1. The third-order valence-corrected chi connectivity index (χ3v) is 7.10. The Hall–Kier alpha value is -1.58. The Bertz CT molecular complexity index is 891. The van der Waals surface area contributed by atoms with Crippen LogP contribution in [0.15, 0.2) is 24.3 Å². The van der Waals surface area contributed by atoms with Gasteiger partial charge in [-0.15, -0.1) is 11.3 Å². The number of phenolic OH excluding ortho intramolecular Hbond substituents is 1. The summed E-state index contributed by atoms with van der Waals surface area (Å²) in [6.07, 6.45) is 4.66. The number of benzene rings is 1. The van der Waals surface area contributed by atoms with Gasteiger partial charge in [-0.3, -0.25) is 4.79 Å². The summed E-state index contributed by atoms with van der Waals surface area (Å²) in [4.78, 5) is 15.0. The van der Waals surface area contributed by atoms with Gasteiger partial charge < -0.3 is 5.11 Å². The highest BCUT2D eigenvalue weighted by Crippen LogP contribution is 2.71. The van der Waals surface area contributed by atoms with E-state index in [1.807, 2.05) is 6.08 Å². The second-order valence-corrected chi connectivity index (χ2v) is 9.05. The third kappa shape index (κ3) is 2.26. The van der Waals surface area contributed by atoms with Gasteiger partial charge in [0, 0.05) is 15.3 Å². The Labute approximate surface area is 150 Å². The first-order chi connectivity index (χ1) is 11.3. The van der Waals surface area contributed by atoms with E-state index < -0.39 is 0 Å². The average Bonchev–Trinajstić information content (AvgIpc) is 2.85. The smallest absolute Gasteiger partial charge is 0.187 e. The van der Waals surface area contributed by atoms with E-state index >= 15 is 0 Å². The number of aryl methyl sites for hydroxylation is 1. The summed E-state index contributed by atoms with van der Waals surface area (Å²) in [5, 5.41) is 9.67. The summed E-state index contributed by atoms with van der Waals surface area (Å²) in [6, 6.07) is 4.44. The lowest BCUT2D eigenvalue weighted by molar-refractivity contribution is 0.104. The molecule has 0 unspecified atom stereocenters. The largest absolute Gasteiger partial charge is 0.508 e. The van der Waals surface area contributed by atoms with Crippen molar-refractivity contribution < 1.29 is 9.90 Å². The Morgan fingerprint density at radius 3 is 2.88 bits per heavy atom. The molecule has 1 aromatic heterocycles. The van der Waals surface area contributed by atoms with Crippen LogP contribution in [0.25, 0.3) is 6.08 Å². The van der Waals surface area contributed by atoms with Crippen molar-refractivity contribution in [3.05, 3.63) is 55.7 Å². The molecule has 0 amide bonds. The normalized spacial score (nSPS) is 23.3. The molecule has 2 aliphatic rings. The molecule has 0 saturated heterocycles. The van der Waals surface area contributed by atoms with Crippen LogP contribution >= 0.6 is 22.9 Å². The predicted octanol–water partition coefficient (Wildman–Crippen LogP) is 5.61. The van der Waals surface area contributed by atoms with Crippen molar-refractivity contribution >= 4 is 34.8 Å². The van der Waals surface area contributed by atoms with Crippen molar-refractivity contribution in [3.63, 3.8) is 0 Å². The standard InChI is InChI=1S/C20H19ClO2S/c1-10-18-13(9-14-19(18)20(14,2)3)17(24-10)7-6-16(23)12-5-4-11(22)8-15(12)21/h4-8,14,19,22H,9H2,1-3H3/t14-,19-/m1/s1. The van der Waals surface area contributed by atoms with Gasteiger partial charge in [-0.1, -0.05) is 25.4 Å². The van der Waals surface area contributed by atoms with Crippen molar-refractivity contribution in [3.8, 4) is 5.75 Å².